The van der Waals surface area contributed by atoms with Crippen LogP contribution in [0.4, 0.5) is 0 Å². The highest BCUT2D eigenvalue weighted by molar-refractivity contribution is 6.30. The Morgan fingerprint density at radius 2 is 2.29 bits per heavy atom. The molecule has 0 heterocycles. The van der Waals surface area contributed by atoms with Gasteiger partial charge in [0.2, 0.25) is 0 Å². The van der Waals surface area contributed by atoms with Gasteiger partial charge >= 0.3 is 0 Å². The van der Waals surface area contributed by atoms with Crippen LogP contribution in [-0.2, 0) is 0 Å². The second kappa shape index (κ2) is 5.39. The molecule has 2 rings (SSSR count). The molecule has 0 N–H and O–H groups in total. The molecule has 90 valence electrons. The third-order valence-corrected chi connectivity index (χ3v) is 3.17. The third-order valence-electron chi connectivity index (χ3n) is 2.93. The second-order valence-corrected chi connectivity index (χ2v) is 4.75. The van der Waals surface area contributed by atoms with E-state index in [1.54, 1.807) is 18.2 Å². The van der Waals surface area contributed by atoms with E-state index >= 15 is 0 Å². The summed E-state index contributed by atoms with van der Waals surface area (Å²) in [5, 5.41) is 9.51. The Labute approximate surface area is 107 Å². The largest absolute Gasteiger partial charge is 0.491 e. The van der Waals surface area contributed by atoms with Crippen LogP contribution in [0.3, 0.4) is 0 Å². The smallest absolute Gasteiger partial charge is 0.137 e. The van der Waals surface area contributed by atoms with Crippen LogP contribution in [0.5, 0.6) is 5.75 Å². The molecule has 0 aliphatic heterocycles. The Kier molecular flexibility index (Phi) is 3.88. The van der Waals surface area contributed by atoms with Crippen LogP contribution in [0.1, 0.15) is 18.4 Å². The van der Waals surface area contributed by atoms with Crippen molar-refractivity contribution in [2.24, 2.45) is 0 Å². The van der Waals surface area contributed by atoms with Gasteiger partial charge < -0.3 is 9.64 Å². The summed E-state index contributed by atoms with van der Waals surface area (Å²) >= 11 is 5.82. The lowest BCUT2D eigenvalue weighted by atomic mass is 10.2. The van der Waals surface area contributed by atoms with E-state index in [1.807, 2.05) is 0 Å². The normalized spacial score (nSPS) is 14.7. The van der Waals surface area contributed by atoms with E-state index in [0.29, 0.717) is 22.9 Å². The standard InChI is InChI=1S/C13H15ClN2O/c1-16(12-3-4-12)6-7-17-13-5-2-11(14)8-10(13)9-15/h2,5,8,12H,3-4,6-7H2,1H3. The molecule has 0 atom stereocenters. The molecule has 0 amide bonds. The lowest BCUT2D eigenvalue weighted by molar-refractivity contribution is 0.231. The summed E-state index contributed by atoms with van der Waals surface area (Å²) in [6.45, 7) is 1.49. The summed E-state index contributed by atoms with van der Waals surface area (Å²) in [6.07, 6.45) is 2.59. The fraction of sp³-hybridized carbons (Fsp3) is 0.462. The van der Waals surface area contributed by atoms with Crippen LogP contribution in [-0.4, -0.2) is 31.1 Å². The average Bonchev–Trinajstić information content (AvgIpc) is 3.14. The molecule has 1 aliphatic carbocycles. The highest BCUT2D eigenvalue weighted by Crippen LogP contribution is 2.25. The van der Waals surface area contributed by atoms with E-state index < -0.39 is 0 Å². The number of nitrogens with zero attached hydrogens (tertiary/aromatic N) is 2. The Hall–Kier alpha value is -1.24. The minimum Gasteiger partial charge on any atom is -0.491 e. The Morgan fingerprint density at radius 1 is 1.53 bits per heavy atom. The van der Waals surface area contributed by atoms with Crippen LogP contribution in [0.2, 0.25) is 5.02 Å². The van der Waals surface area contributed by atoms with Gasteiger partial charge in [-0.2, -0.15) is 5.26 Å². The van der Waals surface area contributed by atoms with Crippen LogP contribution < -0.4 is 4.74 Å². The first-order valence-electron chi connectivity index (χ1n) is 5.73. The molecular formula is C13H15ClN2O. The first-order valence-corrected chi connectivity index (χ1v) is 6.11. The molecular weight excluding hydrogens is 236 g/mol. The quantitative estimate of drug-likeness (QED) is 0.806. The van der Waals surface area contributed by atoms with Crippen LogP contribution >= 0.6 is 11.6 Å². The molecule has 0 radical (unpaired) electrons. The van der Waals surface area contributed by atoms with Gasteiger partial charge in [0.05, 0.1) is 5.56 Å². The molecule has 1 fully saturated rings. The number of hydrogen-bond acceptors (Lipinski definition) is 3. The molecule has 17 heavy (non-hydrogen) atoms. The van der Waals surface area contributed by atoms with Crippen molar-refractivity contribution in [1.29, 1.82) is 5.26 Å². The fourth-order valence-corrected chi connectivity index (χ4v) is 1.89. The number of hydrogen-bond donors (Lipinski definition) is 0. The molecule has 1 aliphatic rings. The summed E-state index contributed by atoms with van der Waals surface area (Å²) < 4.78 is 5.61. The van der Waals surface area contributed by atoms with Crippen molar-refractivity contribution in [3.05, 3.63) is 28.8 Å². The maximum absolute atomic E-state index is 8.95. The molecule has 3 nitrogen and oxygen atoms in total. The zero-order valence-corrected chi connectivity index (χ0v) is 10.6. The number of ether oxygens (including phenoxy) is 1. The molecule has 1 saturated carbocycles. The average molecular weight is 251 g/mol. The number of halogens is 1. The minimum absolute atomic E-state index is 0.492. The Bertz CT molecular complexity index is 438. The Morgan fingerprint density at radius 3 is 2.94 bits per heavy atom. The maximum Gasteiger partial charge on any atom is 0.137 e. The first-order chi connectivity index (χ1) is 8.20. The summed E-state index contributed by atoms with van der Waals surface area (Å²) in [4.78, 5) is 2.29. The third kappa shape index (κ3) is 3.36. The van der Waals surface area contributed by atoms with Crippen molar-refractivity contribution < 1.29 is 4.74 Å². The van der Waals surface area contributed by atoms with E-state index in [0.717, 1.165) is 12.6 Å². The number of benzene rings is 1. The minimum atomic E-state index is 0.492. The van der Waals surface area contributed by atoms with Crippen molar-refractivity contribution in [3.63, 3.8) is 0 Å². The van der Waals surface area contributed by atoms with Gasteiger partial charge in [-0.15, -0.1) is 0 Å². The number of nitriles is 1. The first kappa shape index (κ1) is 12.2. The molecule has 0 unspecified atom stereocenters. The monoisotopic (exact) mass is 250 g/mol. The lowest BCUT2D eigenvalue weighted by Crippen LogP contribution is -2.26. The highest BCUT2D eigenvalue weighted by atomic mass is 35.5. The molecule has 0 spiro atoms. The van der Waals surface area contributed by atoms with Crippen molar-refractivity contribution in [2.75, 3.05) is 20.2 Å². The van der Waals surface area contributed by atoms with Gasteiger partial charge in [-0.25, -0.2) is 0 Å². The highest BCUT2D eigenvalue weighted by Gasteiger charge is 2.25. The molecule has 1 aromatic carbocycles. The summed E-state index contributed by atoms with van der Waals surface area (Å²) in [5.74, 6) is 0.612. The van der Waals surface area contributed by atoms with Gasteiger partial charge in [0.15, 0.2) is 0 Å². The molecule has 0 saturated heterocycles. The van der Waals surface area contributed by atoms with Gasteiger partial charge in [0.25, 0.3) is 0 Å². The maximum atomic E-state index is 8.95. The zero-order chi connectivity index (χ0) is 12.3. The van der Waals surface area contributed by atoms with E-state index in [-0.39, 0.29) is 0 Å². The van der Waals surface area contributed by atoms with E-state index in [9.17, 15) is 0 Å². The summed E-state index contributed by atoms with van der Waals surface area (Å²) in [7, 11) is 2.11. The summed E-state index contributed by atoms with van der Waals surface area (Å²) in [5.41, 5.74) is 0.492. The molecule has 0 aromatic heterocycles. The number of likely N-dealkylation sites (N-methyl/N-ethyl adjacent to an activating group) is 1. The van der Waals surface area contributed by atoms with Crippen LogP contribution in [0.15, 0.2) is 18.2 Å². The van der Waals surface area contributed by atoms with Gasteiger partial charge in [0, 0.05) is 17.6 Å². The number of rotatable bonds is 5. The summed E-state index contributed by atoms with van der Waals surface area (Å²) in [6, 6.07) is 7.93. The van der Waals surface area contributed by atoms with Gasteiger partial charge in [0.1, 0.15) is 18.4 Å². The Balaban J connectivity index is 1.87. The van der Waals surface area contributed by atoms with Crippen molar-refractivity contribution in [3.8, 4) is 11.8 Å². The predicted octanol–water partition coefficient (Wildman–Crippen LogP) is 2.68. The van der Waals surface area contributed by atoms with Crippen LogP contribution in [0, 0.1) is 11.3 Å². The fourth-order valence-electron chi connectivity index (χ4n) is 1.71. The molecule has 4 heteroatoms. The lowest BCUT2D eigenvalue weighted by Gasteiger charge is -2.16. The predicted molar refractivity (Wildman–Crippen MR) is 67.3 cm³/mol. The zero-order valence-electron chi connectivity index (χ0n) is 9.82. The van der Waals surface area contributed by atoms with Crippen LogP contribution in [0.25, 0.3) is 0 Å². The molecule has 0 bridgehead atoms. The van der Waals surface area contributed by atoms with Gasteiger partial charge in [-0.05, 0) is 38.1 Å². The topological polar surface area (TPSA) is 36.3 Å². The van der Waals surface area contributed by atoms with Crippen molar-refractivity contribution in [1.82, 2.24) is 4.90 Å². The SMILES string of the molecule is CN(CCOc1ccc(Cl)cc1C#N)C1CC1. The van der Waals surface area contributed by atoms with Gasteiger partial charge in [-0.1, -0.05) is 11.6 Å². The molecule has 1 aromatic rings. The van der Waals surface area contributed by atoms with E-state index in [4.69, 9.17) is 21.6 Å². The second-order valence-electron chi connectivity index (χ2n) is 4.31. The van der Waals surface area contributed by atoms with Crippen molar-refractivity contribution >= 4 is 11.6 Å². The van der Waals surface area contributed by atoms with Gasteiger partial charge in [-0.3, -0.25) is 0 Å². The van der Waals surface area contributed by atoms with E-state index in [1.165, 1.54) is 12.8 Å². The van der Waals surface area contributed by atoms with E-state index in [2.05, 4.69) is 18.0 Å². The van der Waals surface area contributed by atoms with Crippen molar-refractivity contribution in [2.45, 2.75) is 18.9 Å².